The summed E-state index contributed by atoms with van der Waals surface area (Å²) in [4.78, 5) is 16.4. The highest BCUT2D eigenvalue weighted by Crippen LogP contribution is 2.36. The number of nitrogens with one attached hydrogen (secondary N) is 2. The molecular formula is C30H34ClF3N6O. The lowest BCUT2D eigenvalue weighted by molar-refractivity contribution is -0.137. The normalized spacial score (nSPS) is 16.5. The number of hydrogen-bond acceptors (Lipinski definition) is 6. The van der Waals surface area contributed by atoms with Gasteiger partial charge in [-0.2, -0.15) is 13.2 Å². The van der Waals surface area contributed by atoms with Gasteiger partial charge in [0.25, 0.3) is 0 Å². The number of piperazine rings is 1. The summed E-state index contributed by atoms with van der Waals surface area (Å²) < 4.78 is 41.4. The number of rotatable bonds is 6. The third-order valence-electron chi connectivity index (χ3n) is 7.46. The number of H-pyrrole nitrogens is 1. The summed E-state index contributed by atoms with van der Waals surface area (Å²) in [5.41, 5.74) is 3.16. The molecule has 218 valence electrons. The maximum Gasteiger partial charge on any atom is 0.416 e. The third-order valence-corrected chi connectivity index (χ3v) is 7.74. The molecule has 0 unspecified atom stereocenters. The Balaban J connectivity index is 1.39. The van der Waals surface area contributed by atoms with Crippen molar-refractivity contribution in [2.24, 2.45) is 0 Å². The Kier molecular flexibility index (Phi) is 7.82. The Morgan fingerprint density at radius 2 is 1.78 bits per heavy atom. The number of pyridine rings is 1. The van der Waals surface area contributed by atoms with E-state index in [1.54, 1.807) is 12.3 Å². The van der Waals surface area contributed by atoms with Crippen LogP contribution >= 0.6 is 11.6 Å². The van der Waals surface area contributed by atoms with Gasteiger partial charge in [0.15, 0.2) is 0 Å². The fraction of sp³-hybridized carbons (Fsp3) is 0.400. The van der Waals surface area contributed by atoms with Crippen LogP contribution in [0.2, 0.25) is 5.02 Å². The van der Waals surface area contributed by atoms with E-state index in [0.29, 0.717) is 65.3 Å². The van der Waals surface area contributed by atoms with Crippen molar-refractivity contribution in [2.75, 3.05) is 34.8 Å². The third kappa shape index (κ3) is 6.23. The Bertz CT molecular complexity index is 1530. The Labute approximate surface area is 242 Å². The maximum atomic E-state index is 13.8. The number of anilines is 3. The highest BCUT2D eigenvalue weighted by molar-refractivity contribution is 6.33. The average molecular weight is 587 g/mol. The quantitative estimate of drug-likeness (QED) is 0.232. The van der Waals surface area contributed by atoms with Gasteiger partial charge in [-0.05, 0) is 47.2 Å². The van der Waals surface area contributed by atoms with Gasteiger partial charge in [-0.3, -0.25) is 0 Å². The zero-order chi connectivity index (χ0) is 29.5. The summed E-state index contributed by atoms with van der Waals surface area (Å²) in [6.45, 7) is 10.4. The van der Waals surface area contributed by atoms with E-state index in [1.807, 2.05) is 19.1 Å². The number of aromatic nitrogens is 3. The van der Waals surface area contributed by atoms with E-state index in [2.05, 4.69) is 58.0 Å². The van der Waals surface area contributed by atoms with Crippen LogP contribution in [-0.2, 0) is 24.7 Å². The van der Waals surface area contributed by atoms with Crippen molar-refractivity contribution in [3.05, 3.63) is 75.9 Å². The van der Waals surface area contributed by atoms with E-state index in [1.165, 1.54) is 5.56 Å². The predicted molar refractivity (Wildman–Crippen MR) is 158 cm³/mol. The van der Waals surface area contributed by atoms with Crippen LogP contribution in [0.3, 0.4) is 0 Å². The van der Waals surface area contributed by atoms with Crippen molar-refractivity contribution in [1.82, 2.24) is 15.0 Å². The Morgan fingerprint density at radius 1 is 1.05 bits per heavy atom. The summed E-state index contributed by atoms with van der Waals surface area (Å²) >= 11 is 6.42. The van der Waals surface area contributed by atoms with Crippen molar-refractivity contribution < 1.29 is 18.3 Å². The first kappa shape index (κ1) is 29.0. The monoisotopic (exact) mass is 586 g/mol. The van der Waals surface area contributed by atoms with Gasteiger partial charge in [-0.15, -0.1) is 0 Å². The minimum absolute atomic E-state index is 0.0144. The molecule has 2 aromatic carbocycles. The highest BCUT2D eigenvalue weighted by Gasteiger charge is 2.33. The molecule has 2 aromatic heterocycles. The fourth-order valence-corrected chi connectivity index (χ4v) is 5.42. The number of hydrogen-bond donors (Lipinski definition) is 3. The summed E-state index contributed by atoms with van der Waals surface area (Å²) in [7, 11) is 0. The number of alkyl halides is 3. The number of imidazole rings is 1. The molecule has 0 aliphatic carbocycles. The SMILES string of the molecule is C[C@@H]1CN(c2ncc(CO)cc2Cl)CCN1c1nc2c(NCc3ccc(C(C)(C)C)cc3)cc(C(F)(F)F)cc2[nH]1. The zero-order valence-electron chi connectivity index (χ0n) is 23.5. The Hall–Kier alpha value is -3.50. The first-order chi connectivity index (χ1) is 19.3. The minimum atomic E-state index is -4.50. The van der Waals surface area contributed by atoms with Gasteiger partial charge in [-0.1, -0.05) is 56.6 Å². The summed E-state index contributed by atoms with van der Waals surface area (Å²) in [6, 6.07) is 12.0. The molecule has 41 heavy (non-hydrogen) atoms. The van der Waals surface area contributed by atoms with Crippen LogP contribution < -0.4 is 15.1 Å². The van der Waals surface area contributed by atoms with Crippen LogP contribution in [0, 0.1) is 0 Å². The van der Waals surface area contributed by atoms with Gasteiger partial charge >= 0.3 is 6.18 Å². The van der Waals surface area contributed by atoms with E-state index in [0.717, 1.165) is 17.7 Å². The lowest BCUT2D eigenvalue weighted by atomic mass is 9.87. The molecule has 7 nitrogen and oxygen atoms in total. The standard InChI is InChI=1S/C30H34ClF3N6O/c1-18-16-39(27-23(31)11-20(17-41)15-36-27)9-10-40(18)28-37-25-13-22(30(32,33)34)12-24(26(25)38-28)35-14-19-5-7-21(8-6-19)29(2,3)4/h5-8,11-13,15,18,35,41H,9-10,14,16-17H2,1-4H3,(H,37,38)/t18-/m1/s1. The molecule has 3 N–H and O–H groups in total. The van der Waals surface area contributed by atoms with E-state index in [9.17, 15) is 18.3 Å². The van der Waals surface area contributed by atoms with Gasteiger partial charge < -0.3 is 25.2 Å². The van der Waals surface area contributed by atoms with Gasteiger partial charge in [0.2, 0.25) is 5.95 Å². The summed E-state index contributed by atoms with van der Waals surface area (Å²) in [5.74, 6) is 1.15. The molecule has 3 heterocycles. The molecule has 0 amide bonds. The molecule has 11 heteroatoms. The minimum Gasteiger partial charge on any atom is -0.392 e. The van der Waals surface area contributed by atoms with Gasteiger partial charge in [0, 0.05) is 38.4 Å². The number of fused-ring (bicyclic) bond motifs is 1. The molecule has 0 saturated carbocycles. The van der Waals surface area contributed by atoms with Crippen molar-refractivity contribution in [2.45, 2.75) is 58.5 Å². The molecule has 1 saturated heterocycles. The van der Waals surface area contributed by atoms with Crippen molar-refractivity contribution in [3.8, 4) is 0 Å². The second-order valence-corrected chi connectivity index (χ2v) is 12.0. The zero-order valence-corrected chi connectivity index (χ0v) is 24.2. The average Bonchev–Trinajstić information content (AvgIpc) is 3.35. The molecule has 0 bridgehead atoms. The van der Waals surface area contributed by atoms with Crippen LogP contribution in [0.5, 0.6) is 0 Å². The van der Waals surface area contributed by atoms with Crippen LogP contribution in [-0.4, -0.2) is 45.7 Å². The molecule has 1 aliphatic rings. The largest absolute Gasteiger partial charge is 0.416 e. The van der Waals surface area contributed by atoms with Gasteiger partial charge in [-0.25, -0.2) is 9.97 Å². The molecule has 1 aliphatic heterocycles. The van der Waals surface area contributed by atoms with E-state index < -0.39 is 11.7 Å². The van der Waals surface area contributed by atoms with E-state index in [4.69, 9.17) is 16.6 Å². The summed E-state index contributed by atoms with van der Waals surface area (Å²) in [5, 5.41) is 13.0. The topological polar surface area (TPSA) is 80.3 Å². The lowest BCUT2D eigenvalue weighted by Gasteiger charge is -2.40. The molecule has 5 rings (SSSR count). The number of nitrogens with zero attached hydrogens (tertiary/aromatic N) is 4. The smallest absolute Gasteiger partial charge is 0.392 e. The molecular weight excluding hydrogens is 553 g/mol. The van der Waals surface area contributed by atoms with E-state index >= 15 is 0 Å². The highest BCUT2D eigenvalue weighted by atomic mass is 35.5. The second-order valence-electron chi connectivity index (χ2n) is 11.6. The molecule has 0 radical (unpaired) electrons. The van der Waals surface area contributed by atoms with Crippen molar-refractivity contribution in [1.29, 1.82) is 0 Å². The molecule has 0 spiro atoms. The number of aliphatic hydroxyl groups is 1. The molecule has 4 aromatic rings. The number of aromatic amines is 1. The number of halogens is 4. The molecule has 1 fully saturated rings. The van der Waals surface area contributed by atoms with Crippen molar-refractivity contribution >= 4 is 40.1 Å². The lowest BCUT2D eigenvalue weighted by Crippen LogP contribution is -2.52. The van der Waals surface area contributed by atoms with Crippen molar-refractivity contribution in [3.63, 3.8) is 0 Å². The maximum absolute atomic E-state index is 13.8. The van der Waals surface area contributed by atoms with Crippen LogP contribution in [0.15, 0.2) is 48.7 Å². The summed E-state index contributed by atoms with van der Waals surface area (Å²) in [6.07, 6.45) is -2.90. The van der Waals surface area contributed by atoms with Crippen LogP contribution in [0.25, 0.3) is 11.0 Å². The first-order valence-corrected chi connectivity index (χ1v) is 13.9. The number of aliphatic hydroxyl groups excluding tert-OH is 1. The second kappa shape index (κ2) is 11.1. The first-order valence-electron chi connectivity index (χ1n) is 13.5. The van der Waals surface area contributed by atoms with Gasteiger partial charge in [0.1, 0.15) is 11.3 Å². The molecule has 1 atom stereocenters. The number of benzene rings is 2. The Morgan fingerprint density at radius 3 is 2.39 bits per heavy atom. The van der Waals surface area contributed by atoms with Crippen LogP contribution in [0.1, 0.15) is 49.9 Å². The van der Waals surface area contributed by atoms with E-state index in [-0.39, 0.29) is 18.1 Å². The van der Waals surface area contributed by atoms with Gasteiger partial charge in [0.05, 0.1) is 28.4 Å². The predicted octanol–water partition coefficient (Wildman–Crippen LogP) is 6.75. The fourth-order valence-electron chi connectivity index (χ4n) is 5.11. The van der Waals surface area contributed by atoms with Crippen LogP contribution in [0.4, 0.5) is 30.6 Å².